The lowest BCUT2D eigenvalue weighted by Gasteiger charge is -2.41. The summed E-state index contributed by atoms with van der Waals surface area (Å²) in [4.78, 5) is 32.3. The Hall–Kier alpha value is -3.16. The van der Waals surface area contributed by atoms with E-state index in [0.29, 0.717) is 37.4 Å². The average Bonchev–Trinajstić information content (AvgIpc) is 3.34. The standard InChI is InChI=1S/C29H31ClFN3O3/c30-24-17-19(5-7-25(24)31)6-8-27(35)33-13-11-21(12-14-33)28(29(36)37)34-15-9-20(10-16-34)23-18-32-26-4-2-1-3-22(23)26/h1-8,17-18,20-21,28,32H,9-16H2,(H,36,37)/b8-6+. The lowest BCUT2D eigenvalue weighted by molar-refractivity contribution is -0.147. The van der Waals surface area contributed by atoms with E-state index in [1.807, 2.05) is 6.07 Å². The number of fused-ring (bicyclic) bond motifs is 1. The van der Waals surface area contributed by atoms with Gasteiger partial charge in [-0.3, -0.25) is 14.5 Å². The monoisotopic (exact) mass is 523 g/mol. The molecule has 37 heavy (non-hydrogen) atoms. The number of carbonyl (C=O) groups excluding carboxylic acids is 1. The van der Waals surface area contributed by atoms with Gasteiger partial charge in [-0.2, -0.15) is 0 Å². The van der Waals surface area contributed by atoms with E-state index >= 15 is 0 Å². The Morgan fingerprint density at radius 1 is 1.05 bits per heavy atom. The summed E-state index contributed by atoms with van der Waals surface area (Å²) in [6.07, 6.45) is 8.36. The minimum Gasteiger partial charge on any atom is -0.480 e. The summed E-state index contributed by atoms with van der Waals surface area (Å²) in [5.74, 6) is -0.980. The van der Waals surface area contributed by atoms with Crippen molar-refractivity contribution < 1.29 is 19.1 Å². The molecule has 0 saturated carbocycles. The van der Waals surface area contributed by atoms with Gasteiger partial charge in [-0.15, -0.1) is 0 Å². The number of hydrogen-bond acceptors (Lipinski definition) is 3. The van der Waals surface area contributed by atoms with Crippen LogP contribution in [0, 0.1) is 11.7 Å². The number of para-hydroxylation sites is 1. The fraction of sp³-hybridized carbons (Fsp3) is 0.379. The predicted molar refractivity (Wildman–Crippen MR) is 143 cm³/mol. The van der Waals surface area contributed by atoms with Gasteiger partial charge >= 0.3 is 5.97 Å². The highest BCUT2D eigenvalue weighted by atomic mass is 35.5. The summed E-state index contributed by atoms with van der Waals surface area (Å²) in [5, 5.41) is 11.4. The topological polar surface area (TPSA) is 76.6 Å². The van der Waals surface area contributed by atoms with E-state index in [-0.39, 0.29) is 16.8 Å². The lowest BCUT2D eigenvalue weighted by Crippen LogP contribution is -2.52. The number of aliphatic carboxylic acids is 1. The summed E-state index contributed by atoms with van der Waals surface area (Å²) in [5.41, 5.74) is 3.11. The molecule has 2 aliphatic heterocycles. The van der Waals surface area contributed by atoms with E-state index in [1.165, 1.54) is 29.2 Å². The Morgan fingerprint density at radius 3 is 2.49 bits per heavy atom. The molecule has 0 radical (unpaired) electrons. The molecule has 0 aliphatic carbocycles. The number of nitrogens with zero attached hydrogens (tertiary/aromatic N) is 2. The lowest BCUT2D eigenvalue weighted by atomic mass is 9.84. The van der Waals surface area contributed by atoms with E-state index < -0.39 is 17.8 Å². The zero-order valence-electron chi connectivity index (χ0n) is 20.6. The van der Waals surface area contributed by atoms with Crippen molar-refractivity contribution in [1.29, 1.82) is 0 Å². The average molecular weight is 524 g/mol. The van der Waals surface area contributed by atoms with Gasteiger partial charge in [0, 0.05) is 36.3 Å². The number of aromatic amines is 1. The van der Waals surface area contributed by atoms with E-state index in [9.17, 15) is 19.1 Å². The summed E-state index contributed by atoms with van der Waals surface area (Å²) in [6, 6.07) is 12.1. The third-order valence-electron chi connectivity index (χ3n) is 7.90. The van der Waals surface area contributed by atoms with Crippen molar-refractivity contribution >= 4 is 40.5 Å². The molecular formula is C29H31ClFN3O3. The maximum absolute atomic E-state index is 13.3. The second-order valence-corrected chi connectivity index (χ2v) is 10.5. The number of rotatable bonds is 6. The van der Waals surface area contributed by atoms with Crippen LogP contribution in [0.5, 0.6) is 0 Å². The number of halogens is 2. The van der Waals surface area contributed by atoms with Gasteiger partial charge in [0.1, 0.15) is 11.9 Å². The number of likely N-dealkylation sites (tertiary alicyclic amines) is 2. The molecule has 3 aromatic rings. The first-order chi connectivity index (χ1) is 17.9. The van der Waals surface area contributed by atoms with Crippen LogP contribution in [-0.2, 0) is 9.59 Å². The van der Waals surface area contributed by atoms with E-state index in [1.54, 1.807) is 17.0 Å². The van der Waals surface area contributed by atoms with Crippen LogP contribution in [0.3, 0.4) is 0 Å². The Bertz CT molecular complexity index is 1310. The number of carboxylic acids is 1. The van der Waals surface area contributed by atoms with E-state index in [0.717, 1.165) is 31.4 Å². The predicted octanol–water partition coefficient (Wildman–Crippen LogP) is 5.55. The number of amides is 1. The molecule has 8 heteroatoms. The first-order valence-corrected chi connectivity index (χ1v) is 13.2. The van der Waals surface area contributed by atoms with Crippen molar-refractivity contribution in [2.24, 2.45) is 5.92 Å². The maximum atomic E-state index is 13.3. The van der Waals surface area contributed by atoms with Crippen LogP contribution < -0.4 is 0 Å². The largest absolute Gasteiger partial charge is 0.480 e. The number of hydrogen-bond donors (Lipinski definition) is 2. The molecule has 194 valence electrons. The molecular weight excluding hydrogens is 493 g/mol. The van der Waals surface area contributed by atoms with Gasteiger partial charge in [0.25, 0.3) is 0 Å². The van der Waals surface area contributed by atoms with Gasteiger partial charge in [-0.1, -0.05) is 35.9 Å². The Labute approximate surface area is 220 Å². The minimum absolute atomic E-state index is 0.00562. The first kappa shape index (κ1) is 25.5. The maximum Gasteiger partial charge on any atom is 0.321 e. The fourth-order valence-corrected chi connectivity index (χ4v) is 6.09. The zero-order chi connectivity index (χ0) is 25.9. The van der Waals surface area contributed by atoms with Gasteiger partial charge in [0.2, 0.25) is 5.91 Å². The van der Waals surface area contributed by atoms with Gasteiger partial charge in [0.15, 0.2) is 0 Å². The van der Waals surface area contributed by atoms with Crippen LogP contribution in [0.15, 0.2) is 54.7 Å². The number of nitrogens with one attached hydrogen (secondary N) is 1. The van der Waals surface area contributed by atoms with Crippen LogP contribution in [0.25, 0.3) is 17.0 Å². The van der Waals surface area contributed by atoms with Crippen LogP contribution in [0.2, 0.25) is 5.02 Å². The Morgan fingerprint density at radius 2 is 1.78 bits per heavy atom. The number of aromatic nitrogens is 1. The molecule has 0 bridgehead atoms. The molecule has 5 rings (SSSR count). The molecule has 2 N–H and O–H groups in total. The molecule has 0 spiro atoms. The summed E-state index contributed by atoms with van der Waals surface area (Å²) >= 11 is 5.81. The summed E-state index contributed by atoms with van der Waals surface area (Å²) in [7, 11) is 0. The number of benzene rings is 2. The molecule has 6 nitrogen and oxygen atoms in total. The third-order valence-corrected chi connectivity index (χ3v) is 8.19. The zero-order valence-corrected chi connectivity index (χ0v) is 21.3. The molecule has 1 amide bonds. The fourth-order valence-electron chi connectivity index (χ4n) is 5.90. The van der Waals surface area contributed by atoms with Crippen molar-refractivity contribution in [3.05, 3.63) is 76.7 Å². The van der Waals surface area contributed by atoms with Gasteiger partial charge < -0.3 is 15.0 Å². The Kier molecular flexibility index (Phi) is 7.63. The highest BCUT2D eigenvalue weighted by Crippen LogP contribution is 2.35. The second-order valence-electron chi connectivity index (χ2n) is 10.1. The molecule has 1 atom stereocenters. The van der Waals surface area contributed by atoms with Gasteiger partial charge in [-0.25, -0.2) is 4.39 Å². The van der Waals surface area contributed by atoms with Crippen LogP contribution >= 0.6 is 11.6 Å². The number of carbonyl (C=O) groups is 2. The highest BCUT2D eigenvalue weighted by molar-refractivity contribution is 6.30. The Balaban J connectivity index is 1.16. The molecule has 1 aromatic heterocycles. The quantitative estimate of drug-likeness (QED) is 0.416. The number of H-pyrrole nitrogens is 1. The van der Waals surface area contributed by atoms with Crippen molar-refractivity contribution in [2.45, 2.75) is 37.6 Å². The smallest absolute Gasteiger partial charge is 0.321 e. The molecule has 2 aromatic carbocycles. The molecule has 1 unspecified atom stereocenters. The normalized spacial score (nSPS) is 19.0. The van der Waals surface area contributed by atoms with Gasteiger partial charge in [0.05, 0.1) is 5.02 Å². The van der Waals surface area contributed by atoms with Crippen molar-refractivity contribution in [3.8, 4) is 0 Å². The van der Waals surface area contributed by atoms with Crippen molar-refractivity contribution in [1.82, 2.24) is 14.8 Å². The molecule has 2 aliphatic rings. The first-order valence-electron chi connectivity index (χ1n) is 12.9. The molecule has 2 fully saturated rings. The minimum atomic E-state index is -0.775. The van der Waals surface area contributed by atoms with Crippen molar-refractivity contribution in [3.63, 3.8) is 0 Å². The van der Waals surface area contributed by atoms with E-state index in [4.69, 9.17) is 11.6 Å². The van der Waals surface area contributed by atoms with Crippen LogP contribution in [0.1, 0.15) is 42.7 Å². The summed E-state index contributed by atoms with van der Waals surface area (Å²) in [6.45, 7) is 2.55. The van der Waals surface area contributed by atoms with E-state index in [2.05, 4.69) is 34.3 Å². The molecule has 2 saturated heterocycles. The molecule has 3 heterocycles. The summed E-state index contributed by atoms with van der Waals surface area (Å²) < 4.78 is 13.3. The second kappa shape index (κ2) is 11.1. The number of piperidine rings is 2. The van der Waals surface area contributed by atoms with Crippen molar-refractivity contribution in [2.75, 3.05) is 26.2 Å². The van der Waals surface area contributed by atoms with Crippen LogP contribution in [0.4, 0.5) is 4.39 Å². The van der Waals surface area contributed by atoms with Gasteiger partial charge in [-0.05, 0) is 86.0 Å². The third kappa shape index (κ3) is 5.58. The SMILES string of the molecule is O=C(O)C(C1CCN(C(=O)/C=C/c2ccc(F)c(Cl)c2)CC1)N1CCC(c2c[nH]c3ccccc23)CC1. The van der Waals surface area contributed by atoms with Crippen LogP contribution in [-0.4, -0.2) is 64.0 Å². The number of carboxylic acid groups (broad SMARTS) is 1. The highest BCUT2D eigenvalue weighted by Gasteiger charge is 2.38.